The molecule has 106 valence electrons. The van der Waals surface area contributed by atoms with Gasteiger partial charge in [0.05, 0.1) is 13.0 Å². The summed E-state index contributed by atoms with van der Waals surface area (Å²) in [7, 11) is 0. The summed E-state index contributed by atoms with van der Waals surface area (Å²) in [5.41, 5.74) is 0.159. The maximum Gasteiger partial charge on any atom is 0.375 e. The average Bonchev–Trinajstić information content (AvgIpc) is 2.37. The van der Waals surface area contributed by atoms with Gasteiger partial charge in [0.25, 0.3) is 0 Å². The van der Waals surface area contributed by atoms with Crippen LogP contribution in [0.25, 0.3) is 6.08 Å². The van der Waals surface area contributed by atoms with E-state index in [-0.39, 0.29) is 17.2 Å². The smallest absolute Gasteiger partial charge is 0.375 e. The van der Waals surface area contributed by atoms with Crippen molar-refractivity contribution in [2.24, 2.45) is 0 Å². The fourth-order valence-electron chi connectivity index (χ4n) is 1.32. The first-order valence-corrected chi connectivity index (χ1v) is 6.17. The number of ether oxygens (including phenoxy) is 1. The molecule has 0 spiro atoms. The number of hydrogen-bond donors (Lipinski definition) is 0. The summed E-state index contributed by atoms with van der Waals surface area (Å²) in [5.74, 6) is -3.18. The lowest BCUT2D eigenvalue weighted by Crippen LogP contribution is -2.19. The number of carbonyl (C=O) groups is 3. The van der Waals surface area contributed by atoms with Crippen LogP contribution in [0, 0.1) is 5.82 Å². The molecule has 0 amide bonds. The Morgan fingerprint density at radius 3 is 2.65 bits per heavy atom. The highest BCUT2D eigenvalue weighted by Crippen LogP contribution is 2.15. The number of benzene rings is 1. The van der Waals surface area contributed by atoms with Crippen molar-refractivity contribution in [2.45, 2.75) is 13.3 Å². The minimum absolute atomic E-state index is 0.0601. The monoisotopic (exact) mass is 298 g/mol. The molecule has 0 aromatic heterocycles. The van der Waals surface area contributed by atoms with Crippen LogP contribution >= 0.6 is 11.6 Å². The van der Waals surface area contributed by atoms with Crippen LogP contribution in [0.5, 0.6) is 0 Å². The highest BCUT2D eigenvalue weighted by Gasteiger charge is 2.17. The molecule has 4 nitrogen and oxygen atoms in total. The Hall–Kier alpha value is -2.01. The zero-order chi connectivity index (χ0) is 15.1. The second kappa shape index (κ2) is 7.55. The quantitative estimate of drug-likeness (QED) is 0.350. The van der Waals surface area contributed by atoms with Gasteiger partial charge in [0, 0.05) is 10.6 Å². The number of rotatable bonds is 6. The van der Waals surface area contributed by atoms with E-state index in [1.807, 2.05) is 0 Å². The fraction of sp³-hybridized carbons (Fsp3) is 0.214. The predicted octanol–water partition coefficient (Wildman–Crippen LogP) is 2.58. The summed E-state index contributed by atoms with van der Waals surface area (Å²) in [5, 5.41) is 0.239. The molecule has 0 saturated carbocycles. The van der Waals surface area contributed by atoms with E-state index in [0.29, 0.717) is 0 Å². The third kappa shape index (κ3) is 4.93. The minimum Gasteiger partial charge on any atom is -0.460 e. The van der Waals surface area contributed by atoms with Gasteiger partial charge in [-0.05, 0) is 31.2 Å². The van der Waals surface area contributed by atoms with E-state index in [4.69, 9.17) is 11.6 Å². The molecule has 0 aliphatic rings. The zero-order valence-corrected chi connectivity index (χ0v) is 11.4. The Morgan fingerprint density at radius 1 is 1.35 bits per heavy atom. The molecule has 0 bridgehead atoms. The summed E-state index contributed by atoms with van der Waals surface area (Å²) < 4.78 is 17.9. The summed E-state index contributed by atoms with van der Waals surface area (Å²) in [4.78, 5) is 33.7. The van der Waals surface area contributed by atoms with E-state index < -0.39 is 29.8 Å². The SMILES string of the molecule is CCOC(=O)C(=O)CC(=O)/C=C/c1ccc(Cl)cc1F. The lowest BCUT2D eigenvalue weighted by molar-refractivity contribution is -0.154. The molecule has 0 aliphatic carbocycles. The number of carbonyl (C=O) groups excluding carboxylic acids is 3. The Labute approximate surface area is 120 Å². The third-order valence-corrected chi connectivity index (χ3v) is 2.48. The fourth-order valence-corrected chi connectivity index (χ4v) is 1.48. The first kappa shape index (κ1) is 16.0. The van der Waals surface area contributed by atoms with Crippen molar-refractivity contribution < 1.29 is 23.5 Å². The lowest BCUT2D eigenvalue weighted by atomic mass is 10.1. The molecule has 6 heteroatoms. The van der Waals surface area contributed by atoms with Gasteiger partial charge >= 0.3 is 5.97 Å². The van der Waals surface area contributed by atoms with Crippen LogP contribution in [0.2, 0.25) is 5.02 Å². The molecule has 1 rings (SSSR count). The van der Waals surface area contributed by atoms with Gasteiger partial charge in [-0.15, -0.1) is 0 Å². The molecule has 20 heavy (non-hydrogen) atoms. The number of ketones is 2. The Kier molecular flexibility index (Phi) is 6.06. The second-order valence-electron chi connectivity index (χ2n) is 3.79. The predicted molar refractivity (Wildman–Crippen MR) is 71.7 cm³/mol. The molecular formula is C14H12ClFO4. The number of esters is 1. The maximum atomic E-state index is 13.4. The molecule has 0 aliphatic heterocycles. The highest BCUT2D eigenvalue weighted by atomic mass is 35.5. The van der Waals surface area contributed by atoms with Gasteiger partial charge in [0.1, 0.15) is 5.82 Å². The van der Waals surface area contributed by atoms with Gasteiger partial charge in [0.2, 0.25) is 5.78 Å². The third-order valence-electron chi connectivity index (χ3n) is 2.25. The highest BCUT2D eigenvalue weighted by molar-refractivity contribution is 6.37. The summed E-state index contributed by atoms with van der Waals surface area (Å²) in [6, 6.07) is 3.97. The number of hydrogen-bond acceptors (Lipinski definition) is 4. The van der Waals surface area contributed by atoms with Crippen LogP contribution in [-0.4, -0.2) is 24.1 Å². The van der Waals surface area contributed by atoms with Crippen molar-refractivity contribution in [3.63, 3.8) is 0 Å². The van der Waals surface area contributed by atoms with Crippen molar-refractivity contribution in [2.75, 3.05) is 6.61 Å². The Balaban J connectivity index is 2.64. The molecule has 0 atom stereocenters. The van der Waals surface area contributed by atoms with E-state index in [0.717, 1.165) is 12.1 Å². The van der Waals surface area contributed by atoms with Crippen molar-refractivity contribution >= 4 is 35.2 Å². The topological polar surface area (TPSA) is 60.4 Å². The number of allylic oxidation sites excluding steroid dienone is 1. The Morgan fingerprint density at radius 2 is 2.05 bits per heavy atom. The summed E-state index contributed by atoms with van der Waals surface area (Å²) >= 11 is 5.59. The number of Topliss-reactive ketones (excluding diaryl/α,β-unsaturated/α-hetero) is 1. The van der Waals surface area contributed by atoms with E-state index in [1.165, 1.54) is 18.2 Å². The molecule has 0 radical (unpaired) electrons. The average molecular weight is 299 g/mol. The van der Waals surface area contributed by atoms with Gasteiger partial charge in [-0.25, -0.2) is 9.18 Å². The molecule has 0 saturated heterocycles. The van der Waals surface area contributed by atoms with Gasteiger partial charge < -0.3 is 4.74 Å². The van der Waals surface area contributed by atoms with Gasteiger partial charge in [-0.1, -0.05) is 17.7 Å². The molecule has 0 heterocycles. The van der Waals surface area contributed by atoms with Gasteiger partial charge in [-0.3, -0.25) is 9.59 Å². The van der Waals surface area contributed by atoms with Gasteiger partial charge in [0.15, 0.2) is 5.78 Å². The second-order valence-corrected chi connectivity index (χ2v) is 4.22. The van der Waals surface area contributed by atoms with Crippen molar-refractivity contribution in [3.05, 3.63) is 40.7 Å². The van der Waals surface area contributed by atoms with Crippen molar-refractivity contribution in [3.8, 4) is 0 Å². The lowest BCUT2D eigenvalue weighted by Gasteiger charge is -1.99. The first-order chi connectivity index (χ1) is 9.43. The molecule has 1 aromatic rings. The normalized spacial score (nSPS) is 10.6. The molecule has 0 unspecified atom stereocenters. The summed E-state index contributed by atoms with van der Waals surface area (Å²) in [6.45, 7) is 1.61. The van der Waals surface area contributed by atoms with Crippen molar-refractivity contribution in [1.29, 1.82) is 0 Å². The summed E-state index contributed by atoms with van der Waals surface area (Å²) in [6.07, 6.45) is 1.64. The molecule has 0 fully saturated rings. The minimum atomic E-state index is -1.05. The van der Waals surface area contributed by atoms with Crippen LogP contribution in [0.1, 0.15) is 18.9 Å². The number of halogens is 2. The van der Waals surface area contributed by atoms with Crippen molar-refractivity contribution in [1.82, 2.24) is 0 Å². The first-order valence-electron chi connectivity index (χ1n) is 5.80. The largest absolute Gasteiger partial charge is 0.460 e. The van der Waals surface area contributed by atoms with Crippen LogP contribution < -0.4 is 0 Å². The zero-order valence-electron chi connectivity index (χ0n) is 10.7. The van der Waals surface area contributed by atoms with Crippen LogP contribution in [0.15, 0.2) is 24.3 Å². The van der Waals surface area contributed by atoms with Gasteiger partial charge in [-0.2, -0.15) is 0 Å². The van der Waals surface area contributed by atoms with Crippen LogP contribution in [0.4, 0.5) is 4.39 Å². The molecule has 1 aromatic carbocycles. The molecule has 0 N–H and O–H groups in total. The van der Waals surface area contributed by atoms with Crippen LogP contribution in [0.3, 0.4) is 0 Å². The maximum absolute atomic E-state index is 13.4. The standard InChI is InChI=1S/C14H12ClFO4/c1-2-20-14(19)13(18)8-11(17)6-4-9-3-5-10(15)7-12(9)16/h3-7H,2,8H2,1H3/b6-4+. The van der Waals surface area contributed by atoms with E-state index >= 15 is 0 Å². The van der Waals surface area contributed by atoms with E-state index in [2.05, 4.69) is 4.74 Å². The Bertz CT molecular complexity index is 566. The van der Waals surface area contributed by atoms with Crippen LogP contribution in [-0.2, 0) is 19.1 Å². The van der Waals surface area contributed by atoms with E-state index in [9.17, 15) is 18.8 Å². The molecular weight excluding hydrogens is 287 g/mol. The van der Waals surface area contributed by atoms with E-state index in [1.54, 1.807) is 6.92 Å².